The van der Waals surface area contributed by atoms with Crippen molar-refractivity contribution in [1.82, 2.24) is 9.88 Å². The largest absolute Gasteiger partial charge is 0.335 e. The molecule has 0 radical (unpaired) electrons. The van der Waals surface area contributed by atoms with Gasteiger partial charge in [-0.05, 0) is 75.8 Å². The molecule has 2 atom stereocenters. The highest BCUT2D eigenvalue weighted by atomic mass is 16.2. The lowest BCUT2D eigenvalue weighted by Gasteiger charge is -2.39. The number of carbonyl (C=O) groups excluding carboxylic acids is 1. The average molecular weight is 284 g/mol. The first-order valence-corrected chi connectivity index (χ1v) is 8.34. The maximum Gasteiger partial charge on any atom is 0.254 e. The summed E-state index contributed by atoms with van der Waals surface area (Å²) in [5.74, 6) is 2.74. The van der Waals surface area contributed by atoms with E-state index in [9.17, 15) is 4.79 Å². The van der Waals surface area contributed by atoms with Crippen LogP contribution in [0.5, 0.6) is 0 Å². The van der Waals surface area contributed by atoms with Gasteiger partial charge in [0.1, 0.15) is 0 Å². The molecule has 2 aliphatic heterocycles. The van der Waals surface area contributed by atoms with Gasteiger partial charge in [-0.3, -0.25) is 9.78 Å². The molecular weight excluding hydrogens is 260 g/mol. The molecule has 2 saturated heterocycles. The van der Waals surface area contributed by atoms with Crippen molar-refractivity contribution in [1.29, 1.82) is 0 Å². The topological polar surface area (TPSA) is 33.2 Å². The first-order valence-electron chi connectivity index (χ1n) is 8.34. The molecule has 3 nitrogen and oxygen atoms in total. The second-order valence-electron chi connectivity index (χ2n) is 7.53. The number of hydrogen-bond donors (Lipinski definition) is 0. The van der Waals surface area contributed by atoms with E-state index in [2.05, 4.69) is 9.88 Å². The fraction of sp³-hybridized carbons (Fsp3) is 0.667. The van der Waals surface area contributed by atoms with E-state index in [1.807, 2.05) is 26.0 Å². The van der Waals surface area contributed by atoms with Crippen LogP contribution >= 0.6 is 0 Å². The Morgan fingerprint density at radius 3 is 2.19 bits per heavy atom. The molecule has 21 heavy (non-hydrogen) atoms. The summed E-state index contributed by atoms with van der Waals surface area (Å²) in [5, 5.41) is 0. The van der Waals surface area contributed by atoms with Gasteiger partial charge in [0, 0.05) is 29.5 Å². The minimum Gasteiger partial charge on any atom is -0.335 e. The molecule has 4 fully saturated rings. The van der Waals surface area contributed by atoms with Gasteiger partial charge in [0.05, 0.1) is 0 Å². The van der Waals surface area contributed by atoms with Crippen molar-refractivity contribution >= 4 is 5.91 Å². The van der Waals surface area contributed by atoms with E-state index in [0.29, 0.717) is 6.04 Å². The third kappa shape index (κ3) is 2.37. The summed E-state index contributed by atoms with van der Waals surface area (Å²) in [4.78, 5) is 19.6. The molecule has 2 saturated carbocycles. The van der Waals surface area contributed by atoms with Crippen molar-refractivity contribution in [3.05, 3.63) is 29.1 Å². The van der Waals surface area contributed by atoms with Crippen LogP contribution in [0, 0.1) is 31.6 Å². The van der Waals surface area contributed by atoms with E-state index in [-0.39, 0.29) is 5.91 Å². The number of rotatable bonds is 1. The molecular formula is C18H24N2O. The molecule has 3 heteroatoms. The van der Waals surface area contributed by atoms with Crippen molar-refractivity contribution in [2.45, 2.75) is 52.0 Å². The fourth-order valence-corrected chi connectivity index (χ4v) is 5.16. The number of nitrogens with zero attached hydrogens (tertiary/aromatic N) is 2. The summed E-state index contributed by atoms with van der Waals surface area (Å²) in [6.07, 6.45) is 6.60. The van der Waals surface area contributed by atoms with Crippen LogP contribution in [-0.2, 0) is 0 Å². The van der Waals surface area contributed by atoms with Crippen LogP contribution in [0.3, 0.4) is 0 Å². The lowest BCUT2D eigenvalue weighted by molar-refractivity contribution is 0.0632. The molecule has 112 valence electrons. The molecule has 0 aromatic carbocycles. The Kier molecular flexibility index (Phi) is 3.05. The SMILES string of the molecule is Cc1cc(C(=O)N2CC3C[C@H]4CC2C[C@H](C3)C4)cc(C)n1. The zero-order valence-electron chi connectivity index (χ0n) is 13.0. The lowest BCUT2D eigenvalue weighted by Crippen LogP contribution is -2.42. The smallest absolute Gasteiger partial charge is 0.254 e. The van der Waals surface area contributed by atoms with Gasteiger partial charge in [0.25, 0.3) is 5.91 Å². The van der Waals surface area contributed by atoms with Crippen molar-refractivity contribution < 1.29 is 4.79 Å². The fourth-order valence-electron chi connectivity index (χ4n) is 5.16. The monoisotopic (exact) mass is 284 g/mol. The van der Waals surface area contributed by atoms with Gasteiger partial charge in [-0.1, -0.05) is 0 Å². The van der Waals surface area contributed by atoms with Crippen molar-refractivity contribution in [3.63, 3.8) is 0 Å². The summed E-state index contributed by atoms with van der Waals surface area (Å²) in [6, 6.07) is 4.39. The average Bonchev–Trinajstić information content (AvgIpc) is 2.61. The normalized spacial score (nSPS) is 34.1. The number of aromatic nitrogens is 1. The summed E-state index contributed by atoms with van der Waals surface area (Å²) in [5.41, 5.74) is 2.72. The highest BCUT2D eigenvalue weighted by molar-refractivity contribution is 5.94. The first kappa shape index (κ1) is 13.3. The molecule has 5 rings (SSSR count). The van der Waals surface area contributed by atoms with Crippen LogP contribution in [0.25, 0.3) is 0 Å². The highest BCUT2D eigenvalue weighted by Gasteiger charge is 2.44. The Labute approximate surface area is 126 Å². The quantitative estimate of drug-likeness (QED) is 0.792. The number of aryl methyl sites for hydroxylation is 2. The molecule has 2 aliphatic carbocycles. The number of fused-ring (bicyclic) bond motifs is 1. The maximum absolute atomic E-state index is 13.0. The third-order valence-electron chi connectivity index (χ3n) is 5.70. The van der Waals surface area contributed by atoms with Gasteiger partial charge < -0.3 is 4.90 Å². The minimum atomic E-state index is 0.238. The Bertz CT molecular complexity index is 548. The summed E-state index contributed by atoms with van der Waals surface area (Å²) in [7, 11) is 0. The Morgan fingerprint density at radius 2 is 1.57 bits per heavy atom. The molecule has 0 unspecified atom stereocenters. The van der Waals surface area contributed by atoms with Gasteiger partial charge in [0.2, 0.25) is 0 Å². The van der Waals surface area contributed by atoms with Gasteiger partial charge in [0.15, 0.2) is 0 Å². The number of hydrogen-bond acceptors (Lipinski definition) is 2. The van der Waals surface area contributed by atoms with Crippen molar-refractivity contribution in [2.24, 2.45) is 17.8 Å². The van der Waals surface area contributed by atoms with E-state index >= 15 is 0 Å². The molecule has 1 aromatic rings. The predicted octanol–water partition coefficient (Wildman–Crippen LogP) is 3.35. The second kappa shape index (κ2) is 4.82. The Hall–Kier alpha value is -1.38. The van der Waals surface area contributed by atoms with Gasteiger partial charge in [-0.2, -0.15) is 0 Å². The Balaban J connectivity index is 1.64. The second-order valence-corrected chi connectivity index (χ2v) is 7.53. The van der Waals surface area contributed by atoms with Crippen LogP contribution < -0.4 is 0 Å². The van der Waals surface area contributed by atoms with Gasteiger partial charge in [-0.25, -0.2) is 0 Å². The van der Waals surface area contributed by atoms with Crippen molar-refractivity contribution in [2.75, 3.05) is 6.54 Å². The number of pyridine rings is 1. The van der Waals surface area contributed by atoms with Crippen LogP contribution in [0.2, 0.25) is 0 Å². The Morgan fingerprint density at radius 1 is 1.00 bits per heavy atom. The maximum atomic E-state index is 13.0. The third-order valence-corrected chi connectivity index (χ3v) is 5.70. The molecule has 1 amide bonds. The summed E-state index contributed by atoms with van der Waals surface area (Å²) >= 11 is 0. The molecule has 1 aromatic heterocycles. The van der Waals surface area contributed by atoms with Crippen LogP contribution in [-0.4, -0.2) is 28.4 Å². The van der Waals surface area contributed by atoms with E-state index in [0.717, 1.165) is 41.2 Å². The number of amides is 1. The molecule has 3 heterocycles. The molecule has 4 bridgehead atoms. The van der Waals surface area contributed by atoms with Crippen LogP contribution in [0.15, 0.2) is 12.1 Å². The van der Waals surface area contributed by atoms with E-state index < -0.39 is 0 Å². The zero-order chi connectivity index (χ0) is 14.6. The molecule has 0 N–H and O–H groups in total. The molecule has 4 aliphatic rings. The van der Waals surface area contributed by atoms with E-state index in [1.54, 1.807) is 0 Å². The zero-order valence-corrected chi connectivity index (χ0v) is 13.0. The van der Waals surface area contributed by atoms with Crippen LogP contribution in [0.4, 0.5) is 0 Å². The lowest BCUT2D eigenvalue weighted by atomic mass is 9.68. The number of carbonyl (C=O) groups is 1. The van der Waals surface area contributed by atoms with E-state index in [4.69, 9.17) is 0 Å². The minimum absolute atomic E-state index is 0.238. The predicted molar refractivity (Wildman–Crippen MR) is 82.1 cm³/mol. The summed E-state index contributed by atoms with van der Waals surface area (Å²) < 4.78 is 0. The van der Waals surface area contributed by atoms with Crippen molar-refractivity contribution in [3.8, 4) is 0 Å². The summed E-state index contributed by atoms with van der Waals surface area (Å²) in [6.45, 7) is 4.93. The molecule has 0 spiro atoms. The van der Waals surface area contributed by atoms with Gasteiger partial charge in [-0.15, -0.1) is 0 Å². The van der Waals surface area contributed by atoms with Crippen LogP contribution in [0.1, 0.15) is 53.8 Å². The highest BCUT2D eigenvalue weighted by Crippen LogP contribution is 2.47. The standard InChI is InChI=1S/C18H24N2O/c1-11-3-16(4-12(2)19-11)18(21)20-10-15-6-13-5-14(7-15)9-17(20)8-13/h3-4,13-15,17H,5-10H2,1-2H3/t13-,14-,15?,17?/m0/s1. The first-order chi connectivity index (χ1) is 10.1. The van der Waals surface area contributed by atoms with E-state index in [1.165, 1.54) is 32.1 Å². The van der Waals surface area contributed by atoms with Gasteiger partial charge >= 0.3 is 0 Å².